The van der Waals surface area contributed by atoms with Crippen molar-refractivity contribution in [2.45, 2.75) is 16.2 Å². The summed E-state index contributed by atoms with van der Waals surface area (Å²) < 4.78 is 56.6. The molecule has 0 aliphatic carbocycles. The van der Waals surface area contributed by atoms with Crippen molar-refractivity contribution in [1.82, 2.24) is 4.72 Å². The van der Waals surface area contributed by atoms with Crippen LogP contribution in [0.2, 0.25) is 0 Å². The molecule has 0 aromatic heterocycles. The third-order valence-corrected chi connectivity index (χ3v) is 7.31. The second-order valence-electron chi connectivity index (χ2n) is 7.01. The van der Waals surface area contributed by atoms with Crippen molar-refractivity contribution in [1.29, 1.82) is 5.26 Å². The molecule has 11 heteroatoms. The average molecular weight is 488 g/mol. The number of nitrogens with one attached hydrogen (secondary N) is 1. The van der Waals surface area contributed by atoms with Gasteiger partial charge in [-0.25, -0.2) is 26.7 Å². The summed E-state index contributed by atoms with van der Waals surface area (Å²) in [6.07, 6.45) is 0.155. The van der Waals surface area contributed by atoms with E-state index in [1.54, 1.807) is 30.3 Å². The Labute approximate surface area is 192 Å². The van der Waals surface area contributed by atoms with Crippen LogP contribution in [0.5, 0.6) is 11.5 Å². The zero-order valence-corrected chi connectivity index (χ0v) is 19.2. The number of nitriles is 1. The maximum absolute atomic E-state index is 12.7. The van der Waals surface area contributed by atoms with Gasteiger partial charge in [0.15, 0.2) is 0 Å². The third-order valence-electron chi connectivity index (χ3n) is 4.86. The summed E-state index contributed by atoms with van der Waals surface area (Å²) in [7, 11) is -6.61. The molecule has 0 amide bonds. The molecule has 0 heterocycles. The minimum atomic E-state index is -3.98. The predicted octanol–water partition coefficient (Wildman–Crippen LogP) is 2.11. The van der Waals surface area contributed by atoms with Gasteiger partial charge in [-0.05, 0) is 47.9 Å². The lowest BCUT2D eigenvalue weighted by Crippen LogP contribution is -2.26. The van der Waals surface area contributed by atoms with Gasteiger partial charge in [-0.15, -0.1) is 0 Å². The van der Waals surface area contributed by atoms with E-state index in [-0.39, 0.29) is 39.8 Å². The van der Waals surface area contributed by atoms with E-state index >= 15 is 0 Å². The number of aromatic hydroxyl groups is 1. The van der Waals surface area contributed by atoms with Gasteiger partial charge in [0.2, 0.25) is 20.0 Å². The molecule has 0 saturated heterocycles. The fourth-order valence-electron chi connectivity index (χ4n) is 3.25. The highest BCUT2D eigenvalue weighted by molar-refractivity contribution is 7.89. The van der Waals surface area contributed by atoms with Crippen molar-refractivity contribution in [2.24, 2.45) is 5.14 Å². The third kappa shape index (κ3) is 5.50. The van der Waals surface area contributed by atoms with E-state index < -0.39 is 20.0 Å². The molecule has 0 spiro atoms. The second-order valence-corrected chi connectivity index (χ2v) is 10.3. The van der Waals surface area contributed by atoms with Crippen molar-refractivity contribution in [3.05, 3.63) is 71.8 Å². The quantitative estimate of drug-likeness (QED) is 0.439. The normalized spacial score (nSPS) is 11.7. The Bertz CT molecular complexity index is 1450. The molecule has 3 rings (SSSR count). The lowest BCUT2D eigenvalue weighted by molar-refractivity contribution is 0.402. The summed E-state index contributed by atoms with van der Waals surface area (Å²) >= 11 is 0. The number of primary sulfonamides is 1. The molecule has 9 nitrogen and oxygen atoms in total. The number of sulfonamides is 2. The van der Waals surface area contributed by atoms with Crippen LogP contribution >= 0.6 is 0 Å². The summed E-state index contributed by atoms with van der Waals surface area (Å²) in [6, 6.07) is 16.7. The van der Waals surface area contributed by atoms with Crippen molar-refractivity contribution in [2.75, 3.05) is 13.7 Å². The molecular formula is C22H21N3O6S2. The Kier molecular flexibility index (Phi) is 7.04. The van der Waals surface area contributed by atoms with Crippen LogP contribution in [0.25, 0.3) is 11.1 Å². The first-order valence-corrected chi connectivity index (χ1v) is 12.6. The average Bonchev–Trinajstić information content (AvgIpc) is 2.79. The first-order chi connectivity index (χ1) is 15.6. The minimum Gasteiger partial charge on any atom is -0.508 e. The van der Waals surface area contributed by atoms with Crippen LogP contribution in [0.3, 0.4) is 0 Å². The zero-order chi connectivity index (χ0) is 24.2. The molecule has 0 atom stereocenters. The van der Waals surface area contributed by atoms with Crippen molar-refractivity contribution < 1.29 is 26.7 Å². The molecule has 0 radical (unpaired) electrons. The van der Waals surface area contributed by atoms with E-state index in [2.05, 4.69) is 4.72 Å². The first kappa shape index (κ1) is 24.2. The monoisotopic (exact) mass is 487 g/mol. The van der Waals surface area contributed by atoms with E-state index in [9.17, 15) is 21.9 Å². The van der Waals surface area contributed by atoms with E-state index in [1.165, 1.54) is 37.4 Å². The molecule has 0 unspecified atom stereocenters. The van der Waals surface area contributed by atoms with Crippen LogP contribution in [0, 0.1) is 11.3 Å². The maximum atomic E-state index is 12.7. The number of ether oxygens (including phenoxy) is 1. The van der Waals surface area contributed by atoms with E-state index in [1.807, 2.05) is 6.07 Å². The van der Waals surface area contributed by atoms with Gasteiger partial charge in [0.05, 0.1) is 23.6 Å². The summed E-state index contributed by atoms with van der Waals surface area (Å²) in [5, 5.41) is 24.7. The second kappa shape index (κ2) is 9.60. The van der Waals surface area contributed by atoms with Crippen molar-refractivity contribution in [3.8, 4) is 28.7 Å². The Morgan fingerprint density at radius 1 is 1.03 bits per heavy atom. The highest BCUT2D eigenvalue weighted by Crippen LogP contribution is 2.31. The van der Waals surface area contributed by atoms with Gasteiger partial charge in [0.25, 0.3) is 0 Å². The number of phenols is 1. The molecule has 4 N–H and O–H groups in total. The Balaban J connectivity index is 1.79. The number of methoxy groups -OCH3 is 1. The number of rotatable bonds is 8. The lowest BCUT2D eigenvalue weighted by atomic mass is 10.0. The van der Waals surface area contributed by atoms with E-state index in [0.29, 0.717) is 16.7 Å². The van der Waals surface area contributed by atoms with Gasteiger partial charge in [-0.3, -0.25) is 0 Å². The van der Waals surface area contributed by atoms with Gasteiger partial charge in [-0.2, -0.15) is 5.26 Å². The lowest BCUT2D eigenvalue weighted by Gasteiger charge is -2.12. The number of hydrogen-bond acceptors (Lipinski definition) is 7. The zero-order valence-electron chi connectivity index (χ0n) is 17.5. The number of hydrogen-bond donors (Lipinski definition) is 3. The molecule has 3 aromatic carbocycles. The maximum Gasteiger partial charge on any atom is 0.244 e. The van der Waals surface area contributed by atoms with Gasteiger partial charge < -0.3 is 9.84 Å². The molecular weight excluding hydrogens is 466 g/mol. The van der Waals surface area contributed by atoms with Crippen molar-refractivity contribution >= 4 is 20.0 Å². The Hall–Kier alpha value is -3.43. The van der Waals surface area contributed by atoms with Gasteiger partial charge in [-0.1, -0.05) is 30.3 Å². The largest absolute Gasteiger partial charge is 0.508 e. The molecule has 0 bridgehead atoms. The number of nitrogens with zero attached hydrogens (tertiary/aromatic N) is 1. The summed E-state index contributed by atoms with van der Waals surface area (Å²) in [6.45, 7) is -0.0387. The molecule has 3 aromatic rings. The Morgan fingerprint density at radius 2 is 1.76 bits per heavy atom. The Morgan fingerprint density at radius 3 is 2.39 bits per heavy atom. The summed E-state index contributed by atoms with van der Waals surface area (Å²) in [5.41, 5.74) is 1.41. The van der Waals surface area contributed by atoms with Crippen molar-refractivity contribution in [3.63, 3.8) is 0 Å². The summed E-state index contributed by atoms with van der Waals surface area (Å²) in [5.74, 6) is -0.0257. The van der Waals surface area contributed by atoms with Crippen LogP contribution in [-0.4, -0.2) is 35.6 Å². The van der Waals surface area contributed by atoms with Crippen LogP contribution in [-0.2, 0) is 26.5 Å². The SMILES string of the molecule is COc1ccc(C#N)cc1S(=O)(=O)NCCc1ccc(-c2ccccc2S(N)(=O)=O)cc1O. The fraction of sp³-hybridized carbons (Fsp3) is 0.136. The van der Waals surface area contributed by atoms with Crippen LogP contribution in [0.1, 0.15) is 11.1 Å². The molecule has 0 fully saturated rings. The minimum absolute atomic E-state index is 0.0387. The van der Waals surface area contributed by atoms with Crippen LogP contribution in [0.15, 0.2) is 70.5 Å². The first-order valence-electron chi connectivity index (χ1n) is 9.58. The topological polar surface area (TPSA) is 160 Å². The van der Waals surface area contributed by atoms with Crippen LogP contribution < -0.4 is 14.6 Å². The molecule has 33 heavy (non-hydrogen) atoms. The van der Waals surface area contributed by atoms with Gasteiger partial charge in [0, 0.05) is 12.1 Å². The standard InChI is InChI=1S/C22H21N3O6S2/c1-31-20-9-6-15(14-23)12-22(20)33(29,30)25-11-10-16-7-8-17(13-19(16)26)18-4-2-3-5-21(18)32(24,27)28/h2-9,12-13,25-26H,10-11H2,1H3,(H2,24,27,28). The van der Waals surface area contributed by atoms with Crippen LogP contribution in [0.4, 0.5) is 0 Å². The number of benzene rings is 3. The van der Waals surface area contributed by atoms with E-state index in [4.69, 9.17) is 15.1 Å². The predicted molar refractivity (Wildman–Crippen MR) is 122 cm³/mol. The fourth-order valence-corrected chi connectivity index (χ4v) is 5.24. The smallest absolute Gasteiger partial charge is 0.244 e. The summed E-state index contributed by atoms with van der Waals surface area (Å²) in [4.78, 5) is -0.235. The van der Waals surface area contributed by atoms with Gasteiger partial charge >= 0.3 is 0 Å². The van der Waals surface area contributed by atoms with Gasteiger partial charge in [0.1, 0.15) is 16.4 Å². The molecule has 0 aliphatic heterocycles. The molecule has 0 aliphatic rings. The number of nitrogens with two attached hydrogens (primary N) is 1. The highest BCUT2D eigenvalue weighted by Gasteiger charge is 2.20. The molecule has 172 valence electrons. The number of phenolic OH excluding ortho intramolecular Hbond substituents is 1. The molecule has 0 saturated carbocycles. The highest BCUT2D eigenvalue weighted by atomic mass is 32.2. The van der Waals surface area contributed by atoms with E-state index in [0.717, 1.165) is 0 Å².